The van der Waals surface area contributed by atoms with E-state index in [0.717, 1.165) is 99.5 Å². The average Bonchev–Trinajstić information content (AvgIpc) is 3.95. The maximum Gasteiger partial charge on any atom is 0.139 e. The van der Waals surface area contributed by atoms with Gasteiger partial charge in [-0.25, -0.2) is 0 Å². The summed E-state index contributed by atoms with van der Waals surface area (Å²) in [5.74, 6) is 0.168. The first kappa shape index (κ1) is 44.1. The van der Waals surface area contributed by atoms with Gasteiger partial charge in [-0.15, -0.1) is 0 Å². The first-order valence-corrected chi connectivity index (χ1v) is 25.4. The van der Waals surface area contributed by atoms with Gasteiger partial charge in [0.05, 0.1) is 0 Å². The second kappa shape index (κ2) is 17.5. The molecule has 0 fully saturated rings. The van der Waals surface area contributed by atoms with Gasteiger partial charge in [0.2, 0.25) is 0 Å². The molecule has 0 saturated heterocycles. The number of rotatable bonds is 9. The lowest BCUT2D eigenvalue weighted by molar-refractivity contribution is 0.655. The predicted octanol–water partition coefficient (Wildman–Crippen LogP) is 20.4. The van der Waals surface area contributed by atoms with Crippen LogP contribution < -0.4 is 9.80 Å². The van der Waals surface area contributed by atoms with Crippen LogP contribution in [0.5, 0.6) is 0 Å². The van der Waals surface area contributed by atoms with Crippen LogP contribution in [0.4, 0.5) is 34.1 Å². The Labute approximate surface area is 426 Å². The van der Waals surface area contributed by atoms with E-state index in [1.165, 1.54) is 50.1 Å². The molecule has 13 rings (SSSR count). The molecule has 0 amide bonds. The van der Waals surface area contributed by atoms with Crippen LogP contribution in [0.1, 0.15) is 47.6 Å². The molecule has 0 radical (unpaired) electrons. The van der Waals surface area contributed by atoms with Crippen molar-refractivity contribution in [1.29, 1.82) is 0 Å². The van der Waals surface area contributed by atoms with Crippen molar-refractivity contribution in [2.45, 2.75) is 47.5 Å². The van der Waals surface area contributed by atoms with E-state index >= 15 is 0 Å². The topological polar surface area (TPSA) is 32.8 Å². The van der Waals surface area contributed by atoms with Crippen molar-refractivity contribution in [3.8, 4) is 22.3 Å². The fourth-order valence-electron chi connectivity index (χ4n) is 11.3. The number of hydrogen-bond acceptors (Lipinski definition) is 4. The van der Waals surface area contributed by atoms with Crippen molar-refractivity contribution in [3.05, 3.63) is 240 Å². The molecule has 2 aromatic heterocycles. The Bertz CT molecular complexity index is 4140. The summed E-state index contributed by atoms with van der Waals surface area (Å²) in [5.41, 5.74) is 21.0. The summed E-state index contributed by atoms with van der Waals surface area (Å²) in [6.07, 6.45) is 0. The van der Waals surface area contributed by atoms with Gasteiger partial charge in [-0.05, 0) is 179 Å². The Hall–Kier alpha value is -8.86. The average molecular weight is 943 g/mol. The van der Waals surface area contributed by atoms with E-state index in [0.29, 0.717) is 0 Å². The third-order valence-electron chi connectivity index (χ3n) is 15.0. The predicted molar refractivity (Wildman–Crippen MR) is 309 cm³/mol. The van der Waals surface area contributed by atoms with Gasteiger partial charge in [0.15, 0.2) is 0 Å². The third kappa shape index (κ3) is 7.52. The molecule has 0 N–H and O–H groups in total. The van der Waals surface area contributed by atoms with Crippen molar-refractivity contribution in [1.82, 2.24) is 0 Å². The van der Waals surface area contributed by atoms with Crippen molar-refractivity contribution in [3.63, 3.8) is 0 Å². The molecule has 4 nitrogen and oxygen atoms in total. The Balaban J connectivity index is 0.935. The highest BCUT2D eigenvalue weighted by atomic mass is 16.3. The highest BCUT2D eigenvalue weighted by Crippen LogP contribution is 2.47. The molecule has 0 unspecified atom stereocenters. The van der Waals surface area contributed by atoms with Gasteiger partial charge >= 0.3 is 0 Å². The molecular weight excluding hydrogens is 889 g/mol. The van der Waals surface area contributed by atoms with Gasteiger partial charge in [-0.2, -0.15) is 0 Å². The van der Waals surface area contributed by atoms with Crippen LogP contribution >= 0.6 is 0 Å². The van der Waals surface area contributed by atoms with Gasteiger partial charge in [-0.1, -0.05) is 147 Å². The zero-order chi connectivity index (χ0) is 49.5. The monoisotopic (exact) mass is 942 g/mol. The van der Waals surface area contributed by atoms with Crippen LogP contribution in [0, 0.1) is 27.7 Å². The summed E-state index contributed by atoms with van der Waals surface area (Å²) in [7, 11) is 0. The fourth-order valence-corrected chi connectivity index (χ4v) is 11.3. The van der Waals surface area contributed by atoms with Gasteiger partial charge in [-0.3, -0.25) is 0 Å². The molecule has 13 aromatic rings. The molecule has 0 aliphatic carbocycles. The molecule has 0 aliphatic rings. The number of fused-ring (bicyclic) bond motifs is 8. The Morgan fingerprint density at radius 1 is 0.329 bits per heavy atom. The SMILES string of the molecule is Cc1ccccc1N(c1ccc2cc3c(cc2c1)oc1c(C(C)C)c2c(cc13)oc1cc3cc(N(c4ccccc4C)c4cc(-c5ccccc5)ccc4C)ccc3cc12)c1cc(-c2ccccc2)ccc1C. The van der Waals surface area contributed by atoms with Crippen molar-refractivity contribution >= 4 is 99.5 Å². The zero-order valence-electron chi connectivity index (χ0n) is 42.0. The summed E-state index contributed by atoms with van der Waals surface area (Å²) in [4.78, 5) is 4.82. The van der Waals surface area contributed by atoms with E-state index in [1.54, 1.807) is 0 Å². The van der Waals surface area contributed by atoms with E-state index in [9.17, 15) is 0 Å². The normalized spacial score (nSPS) is 11.8. The lowest BCUT2D eigenvalue weighted by atomic mass is 9.93. The fraction of sp³-hybridized carbons (Fsp3) is 0.101. The summed E-state index contributed by atoms with van der Waals surface area (Å²) in [5, 5.41) is 8.91. The van der Waals surface area contributed by atoms with Gasteiger partial charge in [0.25, 0.3) is 0 Å². The minimum Gasteiger partial charge on any atom is -0.456 e. The highest BCUT2D eigenvalue weighted by Gasteiger charge is 2.25. The summed E-state index contributed by atoms with van der Waals surface area (Å²) >= 11 is 0. The highest BCUT2D eigenvalue weighted by molar-refractivity contribution is 6.20. The number of hydrogen-bond donors (Lipinski definition) is 0. The molecule has 0 spiro atoms. The lowest BCUT2D eigenvalue weighted by Gasteiger charge is -2.29. The van der Waals surface area contributed by atoms with Crippen molar-refractivity contribution in [2.24, 2.45) is 0 Å². The molecular formula is C69H54N2O2. The number of nitrogens with zero attached hydrogens (tertiary/aromatic N) is 2. The van der Waals surface area contributed by atoms with E-state index in [4.69, 9.17) is 8.83 Å². The summed E-state index contributed by atoms with van der Waals surface area (Å²) in [6.45, 7) is 13.3. The molecule has 11 aromatic carbocycles. The van der Waals surface area contributed by atoms with Crippen molar-refractivity contribution in [2.75, 3.05) is 9.80 Å². The molecule has 2 heterocycles. The van der Waals surface area contributed by atoms with Crippen LogP contribution in [0.2, 0.25) is 0 Å². The lowest BCUT2D eigenvalue weighted by Crippen LogP contribution is -2.12. The van der Waals surface area contributed by atoms with E-state index in [1.807, 2.05) is 0 Å². The first-order chi connectivity index (χ1) is 35.6. The quantitative estimate of drug-likeness (QED) is 0.144. The van der Waals surface area contributed by atoms with E-state index < -0.39 is 0 Å². The minimum atomic E-state index is 0.168. The Morgan fingerprint density at radius 3 is 1.30 bits per heavy atom. The number of para-hydroxylation sites is 2. The molecule has 0 bridgehead atoms. The van der Waals surface area contributed by atoms with Crippen LogP contribution in [-0.2, 0) is 0 Å². The van der Waals surface area contributed by atoms with Crippen LogP contribution in [0.15, 0.2) is 221 Å². The minimum absolute atomic E-state index is 0.168. The summed E-state index contributed by atoms with van der Waals surface area (Å²) < 4.78 is 14.0. The second-order valence-electron chi connectivity index (χ2n) is 20.1. The van der Waals surface area contributed by atoms with Crippen molar-refractivity contribution < 1.29 is 8.83 Å². The Kier molecular flexibility index (Phi) is 10.6. The standard InChI is InChI=1S/C69H54N2O2/c1-42(2)67-68-59-36-50-30-32-56(71(61-24-16-14-18-44(61)4)63-38-52(28-26-46(63)6)48-21-11-8-12-22-48)34-54(50)40-65(59)72-66(68)41-58-57-35-49-29-31-55(33-53(49)39-64(57)73-69(58)67)70(60-23-15-13-17-43(60)3)62-37-51(27-25-45(62)5)47-19-9-7-10-20-47/h7-42H,1-6H3. The van der Waals surface area contributed by atoms with Crippen LogP contribution in [0.25, 0.3) is 87.7 Å². The van der Waals surface area contributed by atoms with Crippen LogP contribution in [-0.4, -0.2) is 0 Å². The molecule has 0 aliphatic heterocycles. The molecule has 73 heavy (non-hydrogen) atoms. The smallest absolute Gasteiger partial charge is 0.139 e. The van der Waals surface area contributed by atoms with Gasteiger partial charge in [0.1, 0.15) is 22.3 Å². The largest absolute Gasteiger partial charge is 0.456 e. The number of furan rings is 2. The number of aryl methyl sites for hydroxylation is 4. The molecule has 352 valence electrons. The molecule has 0 atom stereocenters. The molecule has 0 saturated carbocycles. The maximum atomic E-state index is 7.06. The Morgan fingerprint density at radius 2 is 0.795 bits per heavy atom. The number of anilines is 6. The van der Waals surface area contributed by atoms with E-state index in [2.05, 4.69) is 264 Å². The maximum absolute atomic E-state index is 7.06. The second-order valence-corrected chi connectivity index (χ2v) is 20.1. The first-order valence-electron chi connectivity index (χ1n) is 25.4. The molecule has 4 heteroatoms. The third-order valence-corrected chi connectivity index (χ3v) is 15.0. The van der Waals surface area contributed by atoms with Gasteiger partial charge < -0.3 is 18.6 Å². The zero-order valence-corrected chi connectivity index (χ0v) is 42.0. The van der Waals surface area contributed by atoms with E-state index in [-0.39, 0.29) is 5.92 Å². The summed E-state index contributed by atoms with van der Waals surface area (Å²) in [6, 6.07) is 77.1. The van der Waals surface area contributed by atoms with Crippen LogP contribution in [0.3, 0.4) is 0 Å². The van der Waals surface area contributed by atoms with Gasteiger partial charge in [0, 0.05) is 61.2 Å². The number of benzene rings is 11.